The second-order valence-electron chi connectivity index (χ2n) is 3.92. The number of aromatic nitrogens is 2. The Morgan fingerprint density at radius 2 is 1.93 bits per heavy atom. The minimum absolute atomic E-state index is 0.304. The summed E-state index contributed by atoms with van der Waals surface area (Å²) in [6, 6.07) is 0.304. The van der Waals surface area contributed by atoms with E-state index in [-0.39, 0.29) is 0 Å². The smallest absolute Gasteiger partial charge is 0.132 e. The molecule has 1 heterocycles. The Bertz CT molecular complexity index is 318. The quantitative estimate of drug-likeness (QED) is 0.728. The second kappa shape index (κ2) is 4.54. The first-order chi connectivity index (χ1) is 6.49. The fraction of sp³-hybridized carbons (Fsp3) is 0.700. The van der Waals surface area contributed by atoms with Gasteiger partial charge in [-0.3, -0.25) is 4.68 Å². The lowest BCUT2D eigenvalue weighted by atomic mass is 10.1. The van der Waals surface area contributed by atoms with E-state index in [1.807, 2.05) is 11.6 Å². The van der Waals surface area contributed by atoms with Crippen LogP contribution in [0.3, 0.4) is 0 Å². The van der Waals surface area contributed by atoms with Gasteiger partial charge in [0.25, 0.3) is 0 Å². The molecule has 0 aromatic carbocycles. The predicted octanol–water partition coefficient (Wildman–Crippen LogP) is 3.80. The molecule has 1 rings (SSSR count). The van der Waals surface area contributed by atoms with Gasteiger partial charge in [-0.15, -0.1) is 11.6 Å². The van der Waals surface area contributed by atoms with Gasteiger partial charge in [-0.25, -0.2) is 0 Å². The van der Waals surface area contributed by atoms with Gasteiger partial charge >= 0.3 is 0 Å². The molecule has 14 heavy (non-hydrogen) atoms. The van der Waals surface area contributed by atoms with Crippen molar-refractivity contribution in [2.75, 3.05) is 0 Å². The highest BCUT2D eigenvalue weighted by Crippen LogP contribution is 2.27. The van der Waals surface area contributed by atoms with Crippen LogP contribution in [0.25, 0.3) is 0 Å². The monoisotopic (exact) mass is 234 g/mol. The molecule has 0 saturated heterocycles. The maximum Gasteiger partial charge on any atom is 0.132 e. The van der Waals surface area contributed by atoms with Gasteiger partial charge < -0.3 is 0 Å². The van der Waals surface area contributed by atoms with Crippen LogP contribution in [-0.4, -0.2) is 9.78 Å². The maximum atomic E-state index is 6.18. The third kappa shape index (κ3) is 2.06. The summed E-state index contributed by atoms with van der Waals surface area (Å²) in [5.74, 6) is 0.935. The van der Waals surface area contributed by atoms with Gasteiger partial charge in [0.05, 0.1) is 17.6 Å². The molecule has 0 bridgehead atoms. The number of hydrogen-bond acceptors (Lipinski definition) is 1. The summed E-state index contributed by atoms with van der Waals surface area (Å²) in [4.78, 5) is 0. The number of nitrogens with zero attached hydrogens (tertiary/aromatic N) is 2. The summed E-state index contributed by atoms with van der Waals surface area (Å²) >= 11 is 12.0. The third-order valence-corrected chi connectivity index (χ3v) is 3.30. The molecule has 1 aromatic heterocycles. The van der Waals surface area contributed by atoms with Crippen molar-refractivity contribution in [3.63, 3.8) is 0 Å². The molecular formula is C10H16Cl2N2. The van der Waals surface area contributed by atoms with Gasteiger partial charge in [0.1, 0.15) is 5.15 Å². The Labute approximate surface area is 95.2 Å². The third-order valence-electron chi connectivity index (χ3n) is 2.63. The van der Waals surface area contributed by atoms with Gasteiger partial charge in [-0.2, -0.15) is 5.10 Å². The number of aryl methyl sites for hydroxylation is 1. The van der Waals surface area contributed by atoms with Crippen molar-refractivity contribution < 1.29 is 0 Å². The fourth-order valence-corrected chi connectivity index (χ4v) is 2.04. The second-order valence-corrected chi connectivity index (χ2v) is 4.54. The van der Waals surface area contributed by atoms with Crippen LogP contribution in [0.4, 0.5) is 0 Å². The van der Waals surface area contributed by atoms with Crippen LogP contribution in [-0.2, 0) is 5.88 Å². The molecule has 4 heteroatoms. The highest BCUT2D eigenvalue weighted by atomic mass is 35.5. The lowest BCUT2D eigenvalue weighted by Crippen LogP contribution is -2.13. The van der Waals surface area contributed by atoms with E-state index in [1.54, 1.807) is 0 Å². The first-order valence-corrected chi connectivity index (χ1v) is 5.69. The minimum Gasteiger partial charge on any atom is -0.250 e. The summed E-state index contributed by atoms with van der Waals surface area (Å²) in [6.45, 7) is 8.35. The molecular weight excluding hydrogens is 219 g/mol. The van der Waals surface area contributed by atoms with Crippen LogP contribution in [0.15, 0.2) is 0 Å². The van der Waals surface area contributed by atoms with E-state index < -0.39 is 0 Å². The zero-order valence-corrected chi connectivity index (χ0v) is 10.5. The molecule has 0 N–H and O–H groups in total. The summed E-state index contributed by atoms with van der Waals surface area (Å²) < 4.78 is 1.86. The Morgan fingerprint density at radius 1 is 1.36 bits per heavy atom. The molecule has 0 radical (unpaired) electrons. The van der Waals surface area contributed by atoms with E-state index in [2.05, 4.69) is 25.9 Å². The number of hydrogen-bond donors (Lipinski definition) is 0. The first-order valence-electron chi connectivity index (χ1n) is 4.78. The first kappa shape index (κ1) is 11.9. The van der Waals surface area contributed by atoms with E-state index in [9.17, 15) is 0 Å². The fourth-order valence-electron chi connectivity index (χ4n) is 1.26. The molecule has 0 aliphatic carbocycles. The Balaban J connectivity index is 3.11. The van der Waals surface area contributed by atoms with E-state index in [1.165, 1.54) is 0 Å². The molecule has 80 valence electrons. The zero-order chi connectivity index (χ0) is 10.9. The normalized spacial score (nSPS) is 13.6. The molecule has 0 aliphatic rings. The summed E-state index contributed by atoms with van der Waals surface area (Å²) in [6.07, 6.45) is 0. The standard InChI is InChI=1S/C10H16Cl2N2/c1-6(2)8(4)14-10(12)9(5-11)7(3)13-14/h6,8H,5H2,1-4H3. The Kier molecular flexibility index (Phi) is 3.85. The van der Waals surface area contributed by atoms with Crippen molar-refractivity contribution in [1.82, 2.24) is 9.78 Å². The Hall–Kier alpha value is -0.210. The van der Waals surface area contributed by atoms with Crippen LogP contribution >= 0.6 is 23.2 Å². The lowest BCUT2D eigenvalue weighted by Gasteiger charge is -2.17. The predicted molar refractivity (Wildman–Crippen MR) is 61.1 cm³/mol. The highest BCUT2D eigenvalue weighted by molar-refractivity contribution is 6.31. The minimum atomic E-state index is 0.304. The highest BCUT2D eigenvalue weighted by Gasteiger charge is 2.18. The maximum absolute atomic E-state index is 6.18. The van der Waals surface area contributed by atoms with E-state index >= 15 is 0 Å². The largest absolute Gasteiger partial charge is 0.250 e. The van der Waals surface area contributed by atoms with Crippen molar-refractivity contribution in [2.45, 2.75) is 39.6 Å². The molecule has 0 fully saturated rings. The van der Waals surface area contributed by atoms with Gasteiger partial charge in [0, 0.05) is 5.56 Å². The molecule has 0 aliphatic heterocycles. The average Bonchev–Trinajstić information content (AvgIpc) is 2.40. The molecule has 0 spiro atoms. The van der Waals surface area contributed by atoms with Crippen LogP contribution in [0.1, 0.15) is 38.1 Å². The van der Waals surface area contributed by atoms with Crippen molar-refractivity contribution in [1.29, 1.82) is 0 Å². The topological polar surface area (TPSA) is 17.8 Å². The molecule has 1 unspecified atom stereocenters. The summed E-state index contributed by atoms with van der Waals surface area (Å²) in [5, 5.41) is 5.08. The van der Waals surface area contributed by atoms with Gasteiger partial charge in [0.2, 0.25) is 0 Å². The Morgan fingerprint density at radius 3 is 2.29 bits per heavy atom. The van der Waals surface area contributed by atoms with Crippen LogP contribution in [0, 0.1) is 12.8 Å². The van der Waals surface area contributed by atoms with Crippen molar-refractivity contribution in [2.24, 2.45) is 5.92 Å². The lowest BCUT2D eigenvalue weighted by molar-refractivity contribution is 0.374. The average molecular weight is 235 g/mol. The van der Waals surface area contributed by atoms with Gasteiger partial charge in [-0.05, 0) is 19.8 Å². The zero-order valence-electron chi connectivity index (χ0n) is 9.01. The van der Waals surface area contributed by atoms with Crippen LogP contribution in [0.5, 0.6) is 0 Å². The molecule has 1 atom stereocenters. The van der Waals surface area contributed by atoms with Crippen LogP contribution < -0.4 is 0 Å². The SMILES string of the molecule is Cc1nn(C(C)C(C)C)c(Cl)c1CCl. The van der Waals surface area contributed by atoms with E-state index in [4.69, 9.17) is 23.2 Å². The van der Waals surface area contributed by atoms with Crippen molar-refractivity contribution >= 4 is 23.2 Å². The number of halogens is 2. The number of rotatable bonds is 3. The number of alkyl halides is 1. The van der Waals surface area contributed by atoms with E-state index in [0.29, 0.717) is 23.0 Å². The summed E-state index contributed by atoms with van der Waals surface area (Å²) in [7, 11) is 0. The van der Waals surface area contributed by atoms with Crippen LogP contribution in [0.2, 0.25) is 5.15 Å². The van der Waals surface area contributed by atoms with Gasteiger partial charge in [0.15, 0.2) is 0 Å². The van der Waals surface area contributed by atoms with Gasteiger partial charge in [-0.1, -0.05) is 25.4 Å². The molecule has 0 amide bonds. The molecule has 0 saturated carbocycles. The van der Waals surface area contributed by atoms with E-state index in [0.717, 1.165) is 11.3 Å². The molecule has 2 nitrogen and oxygen atoms in total. The summed E-state index contributed by atoms with van der Waals surface area (Å²) in [5.41, 5.74) is 1.87. The van der Waals surface area contributed by atoms with Crippen molar-refractivity contribution in [3.05, 3.63) is 16.4 Å². The van der Waals surface area contributed by atoms with Crippen molar-refractivity contribution in [3.8, 4) is 0 Å². The molecule has 1 aromatic rings.